The molecule has 0 amide bonds. The molecule has 0 aromatic heterocycles. The first kappa shape index (κ1) is 43.1. The third-order valence-electron chi connectivity index (χ3n) is 13.8. The number of benzene rings is 8. The van der Waals surface area contributed by atoms with Crippen molar-refractivity contribution in [3.63, 3.8) is 0 Å². The van der Waals surface area contributed by atoms with Crippen LogP contribution in [0.15, 0.2) is 176 Å². The fraction of sp³-hybridized carbons (Fsp3) is 0.226. The number of para-hydroxylation sites is 1. The van der Waals surface area contributed by atoms with Crippen molar-refractivity contribution in [2.45, 2.75) is 92.4 Å². The highest BCUT2D eigenvalue weighted by molar-refractivity contribution is 7.00. The lowest BCUT2D eigenvalue weighted by Gasteiger charge is -2.45. The van der Waals surface area contributed by atoms with Gasteiger partial charge in [0.2, 0.25) is 0 Å². The van der Waals surface area contributed by atoms with E-state index in [9.17, 15) is 0 Å². The summed E-state index contributed by atoms with van der Waals surface area (Å²) in [5.41, 5.74) is 23.1. The van der Waals surface area contributed by atoms with Crippen LogP contribution >= 0.6 is 0 Å². The van der Waals surface area contributed by atoms with Crippen LogP contribution in [0.25, 0.3) is 11.1 Å². The first-order chi connectivity index (χ1) is 31.5. The van der Waals surface area contributed by atoms with Crippen molar-refractivity contribution >= 4 is 74.3 Å². The molecule has 0 aliphatic carbocycles. The molecule has 0 atom stereocenters. The number of nitrogens with zero attached hydrogens (tertiary/aromatic N) is 3. The quantitative estimate of drug-likeness (QED) is 0.154. The van der Waals surface area contributed by atoms with Gasteiger partial charge in [-0.3, -0.25) is 0 Å². The summed E-state index contributed by atoms with van der Waals surface area (Å²) in [6.45, 7) is 25.3. The number of anilines is 9. The Morgan fingerprint density at radius 1 is 0.379 bits per heavy atom. The van der Waals surface area contributed by atoms with E-state index in [2.05, 4.69) is 267 Å². The van der Waals surface area contributed by atoms with Gasteiger partial charge >= 0.3 is 0 Å². The summed E-state index contributed by atoms with van der Waals surface area (Å²) in [5, 5.41) is 0. The van der Waals surface area contributed by atoms with Crippen LogP contribution in [0.5, 0.6) is 0 Å². The van der Waals surface area contributed by atoms with Crippen LogP contribution in [0.1, 0.15) is 90.1 Å². The molecule has 4 heteroatoms. The fourth-order valence-electron chi connectivity index (χ4n) is 10.1. The Morgan fingerprint density at radius 3 is 1.52 bits per heavy atom. The lowest BCUT2D eigenvalue weighted by Crippen LogP contribution is -2.61. The predicted molar refractivity (Wildman–Crippen MR) is 286 cm³/mol. The van der Waals surface area contributed by atoms with Crippen molar-refractivity contribution in [2.75, 3.05) is 14.7 Å². The summed E-state index contributed by atoms with van der Waals surface area (Å²) < 4.78 is 0. The zero-order valence-corrected chi connectivity index (χ0v) is 40.7. The van der Waals surface area contributed by atoms with Crippen molar-refractivity contribution in [3.8, 4) is 11.1 Å². The SMILES string of the molecule is Cc1ccc(N2c3ccc(C)cc3B3c4cc(C(C)(C)C)ccc4N(c4ccccc4-c4ccccc4)c4cc(N(c5cccc(C(C)(C)C)c5)c5cccc(C(C)(C)C)c5)cc2c43)cc1. The number of hydrogen-bond donors (Lipinski definition) is 0. The second kappa shape index (κ2) is 16.0. The van der Waals surface area contributed by atoms with Gasteiger partial charge in [-0.15, -0.1) is 0 Å². The number of hydrogen-bond acceptors (Lipinski definition) is 3. The largest absolute Gasteiger partial charge is 0.311 e. The molecular formula is C62H62BN3. The Labute approximate surface area is 394 Å². The van der Waals surface area contributed by atoms with Gasteiger partial charge in [0.15, 0.2) is 0 Å². The van der Waals surface area contributed by atoms with Gasteiger partial charge in [-0.1, -0.05) is 183 Å². The molecule has 0 spiro atoms. The van der Waals surface area contributed by atoms with Gasteiger partial charge in [-0.2, -0.15) is 0 Å². The molecule has 0 unspecified atom stereocenters. The average molecular weight is 860 g/mol. The monoisotopic (exact) mass is 860 g/mol. The Hall–Kier alpha value is -6.78. The van der Waals surface area contributed by atoms with Gasteiger partial charge in [-0.05, 0) is 135 Å². The van der Waals surface area contributed by atoms with Gasteiger partial charge < -0.3 is 14.7 Å². The standard InChI is InChI=1S/C62H62BN3/c1-41-27-31-47(32-28-41)65-55-33-29-42(2)35-52(55)63-53-38-46(62(9,10)11)30-34-56(53)66(54-26-16-15-25-51(54)43-19-13-12-14-20-43)58-40-50(39-57(65)59(58)63)64(48-23-17-21-44(36-48)60(3,4)5)49-24-18-22-45(37-49)61(6,7)8/h12-40H,1-11H3. The molecule has 8 aromatic rings. The average Bonchev–Trinajstić information content (AvgIpc) is 3.29. The first-order valence-electron chi connectivity index (χ1n) is 23.7. The predicted octanol–water partition coefficient (Wildman–Crippen LogP) is 15.4. The Morgan fingerprint density at radius 2 is 0.894 bits per heavy atom. The van der Waals surface area contributed by atoms with Gasteiger partial charge in [-0.25, -0.2) is 0 Å². The van der Waals surface area contributed by atoms with Crippen molar-refractivity contribution in [2.24, 2.45) is 0 Å². The lowest BCUT2D eigenvalue weighted by atomic mass is 9.33. The normalized spacial score (nSPS) is 13.3. The fourth-order valence-corrected chi connectivity index (χ4v) is 10.1. The van der Waals surface area contributed by atoms with E-state index in [1.165, 1.54) is 78.1 Å². The third kappa shape index (κ3) is 7.61. The highest BCUT2D eigenvalue weighted by Crippen LogP contribution is 2.50. The molecule has 10 rings (SSSR count). The van der Waals surface area contributed by atoms with Crippen LogP contribution < -0.4 is 31.1 Å². The molecule has 0 bridgehead atoms. The van der Waals surface area contributed by atoms with Gasteiger partial charge in [0, 0.05) is 45.4 Å². The van der Waals surface area contributed by atoms with E-state index < -0.39 is 0 Å². The summed E-state index contributed by atoms with van der Waals surface area (Å²) in [6, 6.07) is 66.8. The Kier molecular flexibility index (Phi) is 10.4. The Bertz CT molecular complexity index is 3070. The van der Waals surface area contributed by atoms with Crippen LogP contribution in [-0.4, -0.2) is 6.71 Å². The van der Waals surface area contributed by atoms with E-state index in [1.54, 1.807) is 0 Å². The van der Waals surface area contributed by atoms with Crippen molar-refractivity contribution in [1.82, 2.24) is 0 Å². The summed E-state index contributed by atoms with van der Waals surface area (Å²) in [7, 11) is 0. The molecule has 66 heavy (non-hydrogen) atoms. The van der Waals surface area contributed by atoms with E-state index in [4.69, 9.17) is 0 Å². The van der Waals surface area contributed by atoms with E-state index in [-0.39, 0.29) is 23.0 Å². The maximum Gasteiger partial charge on any atom is 0.252 e. The maximum absolute atomic E-state index is 2.59. The molecule has 8 aromatic carbocycles. The summed E-state index contributed by atoms with van der Waals surface area (Å²) in [6.07, 6.45) is 0. The molecule has 0 fully saturated rings. The highest BCUT2D eigenvalue weighted by atomic mass is 15.2. The summed E-state index contributed by atoms with van der Waals surface area (Å²) in [5.74, 6) is 0. The molecule has 3 nitrogen and oxygen atoms in total. The van der Waals surface area contributed by atoms with Gasteiger partial charge in [0.1, 0.15) is 0 Å². The molecule has 0 radical (unpaired) electrons. The maximum atomic E-state index is 2.59. The van der Waals surface area contributed by atoms with Crippen molar-refractivity contribution in [1.29, 1.82) is 0 Å². The van der Waals surface area contributed by atoms with Crippen LogP contribution in [0.4, 0.5) is 51.2 Å². The molecule has 2 heterocycles. The van der Waals surface area contributed by atoms with Crippen LogP contribution in [0.2, 0.25) is 0 Å². The van der Waals surface area contributed by atoms with Crippen LogP contribution in [-0.2, 0) is 16.2 Å². The van der Waals surface area contributed by atoms with E-state index in [1.807, 2.05) is 0 Å². The second-order valence-electron chi connectivity index (χ2n) is 21.7. The molecule has 2 aliphatic rings. The van der Waals surface area contributed by atoms with Crippen molar-refractivity contribution in [3.05, 3.63) is 204 Å². The van der Waals surface area contributed by atoms with E-state index in [0.717, 1.165) is 28.4 Å². The number of rotatable bonds is 6. The van der Waals surface area contributed by atoms with Crippen LogP contribution in [0.3, 0.4) is 0 Å². The molecule has 2 aliphatic heterocycles. The number of fused-ring (bicyclic) bond motifs is 4. The molecule has 0 N–H and O–H groups in total. The first-order valence-corrected chi connectivity index (χ1v) is 23.7. The van der Waals surface area contributed by atoms with Gasteiger partial charge in [0.25, 0.3) is 6.71 Å². The topological polar surface area (TPSA) is 9.72 Å². The zero-order valence-electron chi connectivity index (χ0n) is 40.7. The summed E-state index contributed by atoms with van der Waals surface area (Å²) >= 11 is 0. The number of aryl methyl sites for hydroxylation is 2. The van der Waals surface area contributed by atoms with Crippen molar-refractivity contribution < 1.29 is 0 Å². The minimum Gasteiger partial charge on any atom is -0.311 e. The minimum atomic E-state index is -0.0451. The van der Waals surface area contributed by atoms with Gasteiger partial charge in [0.05, 0.1) is 11.4 Å². The highest BCUT2D eigenvalue weighted by Gasteiger charge is 2.45. The van der Waals surface area contributed by atoms with Crippen LogP contribution in [0, 0.1) is 13.8 Å². The van der Waals surface area contributed by atoms with E-state index in [0.29, 0.717) is 0 Å². The molecule has 0 saturated heterocycles. The zero-order chi connectivity index (χ0) is 46.3. The second-order valence-corrected chi connectivity index (χ2v) is 21.7. The molecular weight excluding hydrogens is 798 g/mol. The minimum absolute atomic E-state index is 0.0139. The molecule has 0 saturated carbocycles. The Balaban J connectivity index is 1.37. The lowest BCUT2D eigenvalue weighted by molar-refractivity contribution is 0.590. The third-order valence-corrected chi connectivity index (χ3v) is 13.8. The smallest absolute Gasteiger partial charge is 0.252 e. The molecule has 328 valence electrons. The summed E-state index contributed by atoms with van der Waals surface area (Å²) in [4.78, 5) is 7.64. The van der Waals surface area contributed by atoms with E-state index >= 15 is 0 Å².